The number of piperazine rings is 1. The summed E-state index contributed by atoms with van der Waals surface area (Å²) in [5.41, 5.74) is 0.605. The molecule has 2 aromatic heterocycles. The second kappa shape index (κ2) is 11.6. The Labute approximate surface area is 209 Å². The van der Waals surface area contributed by atoms with Crippen molar-refractivity contribution in [1.82, 2.24) is 14.6 Å². The van der Waals surface area contributed by atoms with Crippen LogP contribution in [-0.4, -0.2) is 63.0 Å². The van der Waals surface area contributed by atoms with Crippen molar-refractivity contribution in [3.8, 4) is 0 Å². The molecule has 0 aliphatic carbocycles. The first kappa shape index (κ1) is 25.1. The van der Waals surface area contributed by atoms with Crippen molar-refractivity contribution < 1.29 is 27.2 Å². The molecule has 1 fully saturated rings. The molecule has 0 spiro atoms. The van der Waals surface area contributed by atoms with Gasteiger partial charge in [-0.15, -0.1) is 0 Å². The molecule has 1 amide bonds. The van der Waals surface area contributed by atoms with Crippen molar-refractivity contribution >= 4 is 33.8 Å². The number of hydrogen-bond acceptors (Lipinski definition) is 8. The van der Waals surface area contributed by atoms with E-state index in [1.54, 1.807) is 35.4 Å². The number of carbonyl (C=O) groups is 2. The molecule has 0 radical (unpaired) electrons. The number of hydrogen-bond donors (Lipinski definition) is 1. The Morgan fingerprint density at radius 1 is 1.03 bits per heavy atom. The maximum absolute atomic E-state index is 12.4. The van der Waals surface area contributed by atoms with Gasteiger partial charge in [0.1, 0.15) is 11.6 Å². The van der Waals surface area contributed by atoms with Gasteiger partial charge in [0.05, 0.1) is 17.7 Å². The summed E-state index contributed by atoms with van der Waals surface area (Å²) < 4.78 is 37.4. The molecule has 36 heavy (non-hydrogen) atoms. The van der Waals surface area contributed by atoms with Gasteiger partial charge < -0.3 is 19.0 Å². The lowest BCUT2D eigenvalue weighted by Gasteiger charge is -2.35. The number of ether oxygens (including phenoxy) is 1. The van der Waals surface area contributed by atoms with Gasteiger partial charge in [-0.1, -0.05) is 18.2 Å². The largest absolute Gasteiger partial charge is 0.468 e. The van der Waals surface area contributed by atoms with Gasteiger partial charge >= 0.3 is 5.97 Å². The number of benzene rings is 1. The van der Waals surface area contributed by atoms with Crippen molar-refractivity contribution in [3.63, 3.8) is 0 Å². The third-order valence-electron chi connectivity index (χ3n) is 5.56. The van der Waals surface area contributed by atoms with Gasteiger partial charge in [-0.25, -0.2) is 22.9 Å². The highest BCUT2D eigenvalue weighted by molar-refractivity contribution is 7.89. The van der Waals surface area contributed by atoms with E-state index >= 15 is 0 Å². The lowest BCUT2D eigenvalue weighted by Crippen LogP contribution is -2.50. The fraction of sp³-hybridized carbons (Fsp3) is 0.240. The summed E-state index contributed by atoms with van der Waals surface area (Å²) in [4.78, 5) is 32.6. The molecule has 0 unspecified atom stereocenters. The third kappa shape index (κ3) is 6.80. The van der Waals surface area contributed by atoms with Crippen molar-refractivity contribution in [3.05, 3.63) is 84.5 Å². The summed E-state index contributed by atoms with van der Waals surface area (Å²) in [7, 11) is -3.71. The Bertz CT molecular complexity index is 1280. The van der Waals surface area contributed by atoms with E-state index in [2.05, 4.69) is 14.6 Å². The number of pyridine rings is 1. The average Bonchev–Trinajstić information content (AvgIpc) is 3.44. The Morgan fingerprint density at radius 2 is 1.81 bits per heavy atom. The Kier molecular flexibility index (Phi) is 8.13. The molecule has 1 saturated heterocycles. The van der Waals surface area contributed by atoms with Crippen LogP contribution >= 0.6 is 0 Å². The molecule has 1 aliphatic heterocycles. The van der Waals surface area contributed by atoms with Crippen molar-refractivity contribution in [2.75, 3.05) is 37.7 Å². The topological polar surface area (TPSA) is 122 Å². The number of rotatable bonds is 9. The first-order valence-electron chi connectivity index (χ1n) is 11.3. The van der Waals surface area contributed by atoms with Crippen LogP contribution in [0.2, 0.25) is 0 Å². The molecule has 3 heterocycles. The van der Waals surface area contributed by atoms with Crippen LogP contribution in [0.4, 0.5) is 5.82 Å². The van der Waals surface area contributed by atoms with Crippen LogP contribution in [0, 0.1) is 0 Å². The SMILES string of the molecule is O=C(/C=C/c1ccc(S(=O)(=O)NCc2ccco2)cc1)OCC(=O)N1CCN(c2ccccn2)CC1. The fourth-order valence-corrected chi connectivity index (χ4v) is 4.58. The molecule has 3 aromatic rings. The fourth-order valence-electron chi connectivity index (χ4n) is 3.58. The number of carbonyl (C=O) groups excluding carboxylic acids is 2. The van der Waals surface area contributed by atoms with Crippen LogP contribution in [-0.2, 0) is 30.9 Å². The summed E-state index contributed by atoms with van der Waals surface area (Å²) in [5, 5.41) is 0. The number of sulfonamides is 1. The van der Waals surface area contributed by atoms with Gasteiger partial charge in [-0.05, 0) is 48.0 Å². The first-order valence-corrected chi connectivity index (χ1v) is 12.8. The first-order chi connectivity index (χ1) is 17.4. The van der Waals surface area contributed by atoms with Crippen LogP contribution < -0.4 is 9.62 Å². The van der Waals surface area contributed by atoms with E-state index in [1.807, 2.05) is 18.2 Å². The summed E-state index contributed by atoms with van der Waals surface area (Å²) in [5.74, 6) is 0.458. The average molecular weight is 511 g/mol. The van der Waals surface area contributed by atoms with Crippen LogP contribution in [0.1, 0.15) is 11.3 Å². The third-order valence-corrected chi connectivity index (χ3v) is 6.98. The summed E-state index contributed by atoms with van der Waals surface area (Å²) >= 11 is 0. The zero-order chi connectivity index (χ0) is 25.4. The van der Waals surface area contributed by atoms with Crippen molar-refractivity contribution in [2.45, 2.75) is 11.4 Å². The molecular formula is C25H26N4O6S. The Morgan fingerprint density at radius 3 is 2.47 bits per heavy atom. The van der Waals surface area contributed by atoms with Crippen molar-refractivity contribution in [2.24, 2.45) is 0 Å². The number of aromatic nitrogens is 1. The summed E-state index contributed by atoms with van der Waals surface area (Å²) in [6.45, 7) is 2.05. The predicted molar refractivity (Wildman–Crippen MR) is 132 cm³/mol. The minimum absolute atomic E-state index is 0.0431. The van der Waals surface area contributed by atoms with Crippen LogP contribution in [0.3, 0.4) is 0 Å². The van der Waals surface area contributed by atoms with Crippen LogP contribution in [0.15, 0.2) is 82.4 Å². The number of nitrogens with zero attached hydrogens (tertiary/aromatic N) is 3. The van der Waals surface area contributed by atoms with E-state index in [1.165, 1.54) is 30.5 Å². The van der Waals surface area contributed by atoms with Gasteiger partial charge in [0, 0.05) is 38.5 Å². The maximum atomic E-state index is 12.4. The van der Waals surface area contributed by atoms with Gasteiger partial charge in [0.15, 0.2) is 6.61 Å². The summed E-state index contributed by atoms with van der Waals surface area (Å²) in [6, 6.07) is 15.1. The number of amides is 1. The lowest BCUT2D eigenvalue weighted by atomic mass is 10.2. The molecule has 0 atom stereocenters. The van der Waals surface area contributed by atoms with E-state index in [-0.39, 0.29) is 24.0 Å². The highest BCUT2D eigenvalue weighted by atomic mass is 32.2. The monoisotopic (exact) mass is 510 g/mol. The maximum Gasteiger partial charge on any atom is 0.331 e. The van der Waals surface area contributed by atoms with E-state index < -0.39 is 16.0 Å². The number of furan rings is 1. The number of anilines is 1. The van der Waals surface area contributed by atoms with E-state index in [0.29, 0.717) is 37.5 Å². The zero-order valence-electron chi connectivity index (χ0n) is 19.4. The van der Waals surface area contributed by atoms with Gasteiger partial charge in [-0.2, -0.15) is 0 Å². The number of esters is 1. The molecule has 1 aromatic carbocycles. The zero-order valence-corrected chi connectivity index (χ0v) is 20.3. The summed E-state index contributed by atoms with van der Waals surface area (Å²) in [6.07, 6.45) is 5.89. The Balaban J connectivity index is 1.21. The molecule has 0 bridgehead atoms. The van der Waals surface area contributed by atoms with Gasteiger partial charge in [-0.3, -0.25) is 4.79 Å². The van der Waals surface area contributed by atoms with Gasteiger partial charge in [0.25, 0.3) is 5.91 Å². The predicted octanol–water partition coefficient (Wildman–Crippen LogP) is 2.06. The van der Waals surface area contributed by atoms with Crippen LogP contribution in [0.25, 0.3) is 6.08 Å². The molecule has 10 nitrogen and oxygen atoms in total. The molecule has 188 valence electrons. The van der Waals surface area contributed by atoms with E-state index in [4.69, 9.17) is 9.15 Å². The smallest absolute Gasteiger partial charge is 0.331 e. The van der Waals surface area contributed by atoms with Crippen LogP contribution in [0.5, 0.6) is 0 Å². The normalized spacial score (nSPS) is 14.2. The molecular weight excluding hydrogens is 484 g/mol. The molecule has 1 aliphatic rings. The minimum Gasteiger partial charge on any atom is -0.468 e. The molecule has 4 rings (SSSR count). The number of nitrogens with one attached hydrogen (secondary N) is 1. The quantitative estimate of drug-likeness (QED) is 0.343. The minimum atomic E-state index is -3.71. The highest BCUT2D eigenvalue weighted by Gasteiger charge is 2.22. The van der Waals surface area contributed by atoms with Crippen molar-refractivity contribution in [1.29, 1.82) is 0 Å². The highest BCUT2D eigenvalue weighted by Crippen LogP contribution is 2.14. The van der Waals surface area contributed by atoms with Gasteiger partial charge in [0.2, 0.25) is 10.0 Å². The Hall–Kier alpha value is -3.96. The lowest BCUT2D eigenvalue weighted by molar-refractivity contribution is -0.148. The second-order valence-corrected chi connectivity index (χ2v) is 9.74. The molecule has 1 N–H and O–H groups in total. The van der Waals surface area contributed by atoms with E-state index in [9.17, 15) is 18.0 Å². The molecule has 11 heteroatoms. The molecule has 0 saturated carbocycles. The second-order valence-electron chi connectivity index (χ2n) is 7.97. The standard InChI is InChI=1S/C25H26N4O6S/c30-24(29-15-13-28(14-16-29)23-5-1-2-12-26-23)19-35-25(31)11-8-20-6-9-22(10-7-20)36(32,33)27-18-21-4-3-17-34-21/h1-12,17,27H,13-16,18-19H2/b11-8+. The van der Waals surface area contributed by atoms with E-state index in [0.717, 1.165) is 5.82 Å².